The van der Waals surface area contributed by atoms with Crippen molar-refractivity contribution < 1.29 is 8.78 Å². The molecule has 2 aliphatic carbocycles. The highest BCUT2D eigenvalue weighted by Crippen LogP contribution is 2.42. The summed E-state index contributed by atoms with van der Waals surface area (Å²) in [6.45, 7) is 0. The maximum atomic E-state index is 13.9. The molecule has 4 rings (SSSR count). The fraction of sp³-hybridized carbons (Fsp3) is 0.360. The number of hydrogen-bond donors (Lipinski definition) is 0. The second-order valence-corrected chi connectivity index (χ2v) is 8.23. The van der Waals surface area contributed by atoms with Crippen molar-refractivity contribution in [2.45, 2.75) is 44.9 Å². The summed E-state index contributed by atoms with van der Waals surface area (Å²) in [5.41, 5.74) is 1.94. The molecule has 0 atom stereocenters. The predicted octanol–water partition coefficient (Wildman–Crippen LogP) is 7.01. The first kappa shape index (κ1) is 20.0. The van der Waals surface area contributed by atoms with E-state index in [1.54, 1.807) is 0 Å². The summed E-state index contributed by atoms with van der Waals surface area (Å²) in [6, 6.07) is 10.5. The van der Waals surface area contributed by atoms with Crippen molar-refractivity contribution >= 4 is 23.1 Å². The summed E-state index contributed by atoms with van der Waals surface area (Å²) < 4.78 is 27.8. The molecule has 2 saturated carbocycles. The predicted molar refractivity (Wildman–Crippen MR) is 115 cm³/mol. The lowest BCUT2D eigenvalue weighted by atomic mass is 9.77. The van der Waals surface area contributed by atoms with Gasteiger partial charge in [0.2, 0.25) is 0 Å². The highest BCUT2D eigenvalue weighted by molar-refractivity contribution is 7.78. The van der Waals surface area contributed by atoms with Crippen LogP contribution < -0.4 is 0 Å². The van der Waals surface area contributed by atoms with Gasteiger partial charge in [-0.25, -0.2) is 8.78 Å². The van der Waals surface area contributed by atoms with E-state index in [-0.39, 0.29) is 5.56 Å². The summed E-state index contributed by atoms with van der Waals surface area (Å²) in [7, 11) is 0. The molecular weight excluding hydrogens is 384 g/mol. The van der Waals surface area contributed by atoms with Crippen LogP contribution in [-0.4, -0.2) is 5.16 Å². The molecule has 2 aliphatic rings. The van der Waals surface area contributed by atoms with Gasteiger partial charge in [-0.15, -0.1) is 0 Å². The molecule has 2 aromatic carbocycles. The zero-order chi connectivity index (χ0) is 20.2. The van der Waals surface area contributed by atoms with Crippen molar-refractivity contribution in [1.82, 2.24) is 0 Å². The SMILES string of the molecule is Fc1cc(C#Cc2ccc([C]3CCC(CC4CC4)CC3)cc2)cc(F)c1N=C=S. The van der Waals surface area contributed by atoms with Crippen LogP contribution in [0, 0.1) is 41.2 Å². The Morgan fingerprint density at radius 2 is 1.45 bits per heavy atom. The van der Waals surface area contributed by atoms with Crippen molar-refractivity contribution in [3.05, 3.63) is 70.6 Å². The highest BCUT2D eigenvalue weighted by atomic mass is 32.1. The third kappa shape index (κ3) is 5.18. The zero-order valence-electron chi connectivity index (χ0n) is 16.2. The van der Waals surface area contributed by atoms with Crippen molar-refractivity contribution in [2.75, 3.05) is 0 Å². The Balaban J connectivity index is 1.40. The van der Waals surface area contributed by atoms with Gasteiger partial charge in [0.1, 0.15) is 5.69 Å². The first-order valence-electron chi connectivity index (χ1n) is 10.2. The normalized spacial score (nSPS) is 17.3. The Kier molecular flexibility index (Phi) is 6.19. The summed E-state index contributed by atoms with van der Waals surface area (Å²) in [4.78, 5) is 3.41. The standard InChI is InChI=1S/C25H22F2NS/c26-23-14-20(15-24(27)25(23)28-16-29)4-1-17-5-9-21(10-6-17)22-11-7-19(8-12-22)13-18-2-3-18/h5-6,9-10,14-15,18-19H,2-3,7-8,11-13H2. The molecule has 0 amide bonds. The van der Waals surface area contributed by atoms with Gasteiger partial charge in [-0.05, 0) is 86.0 Å². The Labute approximate surface area is 176 Å². The van der Waals surface area contributed by atoms with Crippen LogP contribution in [0.15, 0.2) is 41.4 Å². The van der Waals surface area contributed by atoms with Crippen LogP contribution in [0.4, 0.5) is 14.5 Å². The monoisotopic (exact) mass is 406 g/mol. The van der Waals surface area contributed by atoms with E-state index in [0.29, 0.717) is 0 Å². The summed E-state index contributed by atoms with van der Waals surface area (Å²) in [5, 5.41) is 1.98. The Morgan fingerprint density at radius 1 is 0.862 bits per heavy atom. The zero-order valence-corrected chi connectivity index (χ0v) is 17.0. The number of aliphatic imine (C=N–C) groups is 1. The largest absolute Gasteiger partial charge is 0.204 e. The molecule has 1 radical (unpaired) electrons. The molecule has 0 bridgehead atoms. The first-order valence-corrected chi connectivity index (χ1v) is 10.6. The molecular formula is C25H22F2NS. The van der Waals surface area contributed by atoms with Gasteiger partial charge in [-0.3, -0.25) is 0 Å². The van der Waals surface area contributed by atoms with Gasteiger partial charge in [0.05, 0.1) is 5.16 Å². The number of hydrogen-bond acceptors (Lipinski definition) is 2. The number of thiocarbonyl (C=S) groups is 1. The molecule has 0 spiro atoms. The fourth-order valence-corrected chi connectivity index (χ4v) is 4.19. The summed E-state index contributed by atoms with van der Waals surface area (Å²) >= 11 is 4.40. The molecule has 0 heterocycles. The van der Waals surface area contributed by atoms with E-state index >= 15 is 0 Å². The molecule has 0 aromatic heterocycles. The minimum absolute atomic E-state index is 0.260. The second kappa shape index (κ2) is 8.99. The molecule has 0 N–H and O–H groups in total. The van der Waals surface area contributed by atoms with Crippen LogP contribution in [0.25, 0.3) is 0 Å². The second-order valence-electron chi connectivity index (χ2n) is 8.04. The smallest absolute Gasteiger partial charge is 0.153 e. The van der Waals surface area contributed by atoms with E-state index in [4.69, 9.17) is 0 Å². The minimum Gasteiger partial charge on any atom is -0.204 e. The van der Waals surface area contributed by atoms with E-state index in [9.17, 15) is 8.78 Å². The molecule has 0 aliphatic heterocycles. The van der Waals surface area contributed by atoms with Crippen LogP contribution >= 0.6 is 12.2 Å². The van der Waals surface area contributed by atoms with Gasteiger partial charge in [0, 0.05) is 17.0 Å². The molecule has 0 saturated heterocycles. The molecule has 4 heteroatoms. The van der Waals surface area contributed by atoms with Crippen LogP contribution in [0.1, 0.15) is 61.6 Å². The van der Waals surface area contributed by atoms with Gasteiger partial charge in [-0.1, -0.05) is 36.8 Å². The lowest BCUT2D eigenvalue weighted by Crippen LogP contribution is -2.14. The maximum Gasteiger partial charge on any atom is 0.153 e. The average molecular weight is 407 g/mol. The van der Waals surface area contributed by atoms with Crippen LogP contribution in [0.5, 0.6) is 0 Å². The minimum atomic E-state index is -0.796. The Bertz CT molecular complexity index is 961. The number of rotatable bonds is 4. The van der Waals surface area contributed by atoms with Crippen LogP contribution in [0.3, 0.4) is 0 Å². The molecule has 147 valence electrons. The molecule has 2 fully saturated rings. The van der Waals surface area contributed by atoms with Gasteiger partial charge in [-0.2, -0.15) is 4.99 Å². The molecule has 1 nitrogen and oxygen atoms in total. The van der Waals surface area contributed by atoms with E-state index in [1.165, 1.54) is 56.4 Å². The lowest BCUT2D eigenvalue weighted by Gasteiger charge is -2.28. The van der Waals surface area contributed by atoms with Crippen LogP contribution in [-0.2, 0) is 0 Å². The molecule has 0 unspecified atom stereocenters. The molecule has 29 heavy (non-hydrogen) atoms. The van der Waals surface area contributed by atoms with E-state index in [0.717, 1.165) is 29.5 Å². The van der Waals surface area contributed by atoms with Gasteiger partial charge in [0.15, 0.2) is 11.6 Å². The van der Waals surface area contributed by atoms with Gasteiger partial charge in [0.25, 0.3) is 0 Å². The molecule has 2 aromatic rings. The third-order valence-electron chi connectivity index (χ3n) is 5.89. The Morgan fingerprint density at radius 3 is 2.03 bits per heavy atom. The summed E-state index contributed by atoms with van der Waals surface area (Å²) in [6.07, 6.45) is 9.33. The van der Waals surface area contributed by atoms with Gasteiger partial charge < -0.3 is 0 Å². The Hall–Kier alpha value is -2.34. The topological polar surface area (TPSA) is 12.4 Å². The van der Waals surface area contributed by atoms with Crippen molar-refractivity contribution in [1.29, 1.82) is 0 Å². The van der Waals surface area contributed by atoms with Crippen molar-refractivity contribution in [3.8, 4) is 11.8 Å². The van der Waals surface area contributed by atoms with E-state index < -0.39 is 17.3 Å². The van der Waals surface area contributed by atoms with E-state index in [2.05, 4.69) is 41.2 Å². The van der Waals surface area contributed by atoms with E-state index in [1.807, 2.05) is 17.3 Å². The first-order chi connectivity index (χ1) is 14.1. The fourth-order valence-electron chi connectivity index (χ4n) is 4.10. The van der Waals surface area contributed by atoms with Crippen molar-refractivity contribution in [2.24, 2.45) is 16.8 Å². The number of isothiocyanates is 1. The quantitative estimate of drug-likeness (QED) is 0.302. The maximum absolute atomic E-state index is 13.9. The number of benzene rings is 2. The number of halogens is 2. The summed E-state index contributed by atoms with van der Waals surface area (Å²) in [5.74, 6) is 7.67. The van der Waals surface area contributed by atoms with Crippen LogP contribution in [0.2, 0.25) is 0 Å². The average Bonchev–Trinajstić information content (AvgIpc) is 3.54. The van der Waals surface area contributed by atoms with Crippen molar-refractivity contribution in [3.63, 3.8) is 0 Å². The highest BCUT2D eigenvalue weighted by Gasteiger charge is 2.29. The third-order valence-corrected chi connectivity index (χ3v) is 5.98. The van der Waals surface area contributed by atoms with Gasteiger partial charge >= 0.3 is 0 Å². The number of nitrogens with zero attached hydrogens (tertiary/aromatic N) is 1. The lowest BCUT2D eigenvalue weighted by molar-refractivity contribution is 0.348.